The third-order valence-corrected chi connectivity index (χ3v) is 3.93. The van der Waals surface area contributed by atoms with E-state index >= 15 is 0 Å². The molecule has 2 atom stereocenters. The lowest BCUT2D eigenvalue weighted by Crippen LogP contribution is -2.07. The van der Waals surface area contributed by atoms with Crippen LogP contribution in [0.3, 0.4) is 0 Å². The van der Waals surface area contributed by atoms with Gasteiger partial charge in [0.2, 0.25) is 0 Å². The molecule has 0 spiro atoms. The number of rotatable bonds is 4. The van der Waals surface area contributed by atoms with Crippen LogP contribution in [0, 0.1) is 0 Å². The van der Waals surface area contributed by atoms with Crippen LogP contribution in [0.15, 0.2) is 48.5 Å². The summed E-state index contributed by atoms with van der Waals surface area (Å²) >= 11 is 0. The molecule has 0 amide bonds. The molecule has 4 heteroatoms. The van der Waals surface area contributed by atoms with Crippen molar-refractivity contribution in [3.8, 4) is 5.75 Å². The zero-order valence-electron chi connectivity index (χ0n) is 12.2. The minimum absolute atomic E-state index is 0.0337. The van der Waals surface area contributed by atoms with Crippen LogP contribution in [0.25, 0.3) is 0 Å². The van der Waals surface area contributed by atoms with E-state index in [1.807, 2.05) is 24.3 Å². The number of ether oxygens (including phenoxy) is 1. The van der Waals surface area contributed by atoms with Crippen LogP contribution < -0.4 is 4.74 Å². The Morgan fingerprint density at radius 1 is 1.05 bits per heavy atom. The molecule has 0 bridgehead atoms. The topological polar surface area (TPSA) is 63.6 Å². The monoisotopic (exact) mass is 296 g/mol. The third kappa shape index (κ3) is 2.86. The summed E-state index contributed by atoms with van der Waals surface area (Å²) in [7, 11) is 0. The molecular formula is C18H16O4. The molecule has 0 radical (unpaired) electrons. The highest BCUT2D eigenvalue weighted by Gasteiger charge is 2.39. The summed E-state index contributed by atoms with van der Waals surface area (Å²) in [5.74, 6) is -0.756. The van der Waals surface area contributed by atoms with Crippen molar-refractivity contribution in [3.05, 3.63) is 65.2 Å². The molecule has 0 heterocycles. The van der Waals surface area contributed by atoms with Gasteiger partial charge in [-0.15, -0.1) is 0 Å². The number of carboxylic acids is 1. The maximum absolute atomic E-state index is 11.4. The molecule has 1 fully saturated rings. The average molecular weight is 296 g/mol. The maximum atomic E-state index is 11.4. The molecule has 2 aromatic carbocycles. The zero-order valence-corrected chi connectivity index (χ0v) is 12.2. The van der Waals surface area contributed by atoms with Gasteiger partial charge in [-0.05, 0) is 41.5 Å². The number of carboxylic acid groups (broad SMARTS) is 1. The van der Waals surface area contributed by atoms with Gasteiger partial charge in [-0.25, -0.2) is 4.79 Å². The first kappa shape index (κ1) is 14.3. The van der Waals surface area contributed by atoms with Crippen LogP contribution in [-0.2, 0) is 4.79 Å². The smallest absolute Gasteiger partial charge is 0.339 e. The fraction of sp³-hybridized carbons (Fsp3) is 0.222. The molecule has 1 aliphatic rings. The second kappa shape index (κ2) is 5.64. The Morgan fingerprint density at radius 2 is 1.73 bits per heavy atom. The lowest BCUT2D eigenvalue weighted by molar-refractivity contribution is -0.131. The zero-order chi connectivity index (χ0) is 15.7. The first-order valence-electron chi connectivity index (χ1n) is 7.17. The summed E-state index contributed by atoms with van der Waals surface area (Å²) in [6.07, 6.45) is 1.01. The SMILES string of the molecule is CC(=O)Oc1ccc(C2CC2c2ccccc2)cc1C(=O)O. The first-order chi connectivity index (χ1) is 10.6. The third-order valence-electron chi connectivity index (χ3n) is 3.93. The van der Waals surface area contributed by atoms with Gasteiger partial charge in [0.15, 0.2) is 0 Å². The van der Waals surface area contributed by atoms with Gasteiger partial charge < -0.3 is 9.84 Å². The van der Waals surface area contributed by atoms with E-state index in [1.165, 1.54) is 12.5 Å². The number of carbonyl (C=O) groups is 2. The van der Waals surface area contributed by atoms with E-state index < -0.39 is 11.9 Å². The van der Waals surface area contributed by atoms with Crippen LogP contribution in [-0.4, -0.2) is 17.0 Å². The van der Waals surface area contributed by atoms with Crippen LogP contribution in [0.4, 0.5) is 0 Å². The molecule has 3 rings (SSSR count). The average Bonchev–Trinajstić information content (AvgIpc) is 3.28. The Morgan fingerprint density at radius 3 is 2.36 bits per heavy atom. The lowest BCUT2D eigenvalue weighted by Gasteiger charge is -2.08. The molecule has 1 saturated carbocycles. The van der Waals surface area contributed by atoms with Gasteiger partial charge in [0.25, 0.3) is 0 Å². The Labute approximate surface area is 128 Å². The summed E-state index contributed by atoms with van der Waals surface area (Å²) in [5.41, 5.74) is 2.28. The second-order valence-electron chi connectivity index (χ2n) is 5.51. The Hall–Kier alpha value is -2.62. The molecule has 2 aromatic rings. The Kier molecular flexibility index (Phi) is 3.67. The molecule has 0 aromatic heterocycles. The van der Waals surface area contributed by atoms with Crippen molar-refractivity contribution in [1.82, 2.24) is 0 Å². The standard InChI is InChI=1S/C18H16O4/c1-11(19)22-17-8-7-13(9-16(17)18(20)21)15-10-14(15)12-5-3-2-4-6-12/h2-9,14-15H,10H2,1H3,(H,20,21). The fourth-order valence-corrected chi connectivity index (χ4v) is 2.82. The van der Waals surface area contributed by atoms with Crippen molar-refractivity contribution in [1.29, 1.82) is 0 Å². The fourth-order valence-electron chi connectivity index (χ4n) is 2.82. The van der Waals surface area contributed by atoms with Crippen LogP contribution in [0.1, 0.15) is 46.7 Å². The number of aromatic carboxylic acids is 1. The van der Waals surface area contributed by atoms with Crippen molar-refractivity contribution in [2.24, 2.45) is 0 Å². The van der Waals surface area contributed by atoms with Crippen LogP contribution >= 0.6 is 0 Å². The quantitative estimate of drug-likeness (QED) is 0.692. The molecule has 1 aliphatic carbocycles. The number of hydrogen-bond donors (Lipinski definition) is 1. The van der Waals surface area contributed by atoms with E-state index in [0.717, 1.165) is 12.0 Å². The van der Waals surface area contributed by atoms with Crippen molar-refractivity contribution in [3.63, 3.8) is 0 Å². The minimum atomic E-state index is -1.09. The highest BCUT2D eigenvalue weighted by molar-refractivity contribution is 5.92. The number of esters is 1. The molecule has 0 aliphatic heterocycles. The minimum Gasteiger partial charge on any atom is -0.478 e. The summed E-state index contributed by atoms with van der Waals surface area (Å²) in [4.78, 5) is 22.4. The Bertz CT molecular complexity index is 721. The van der Waals surface area contributed by atoms with Gasteiger partial charge >= 0.3 is 11.9 Å². The molecule has 1 N–H and O–H groups in total. The van der Waals surface area contributed by atoms with Crippen molar-refractivity contribution in [2.75, 3.05) is 0 Å². The maximum Gasteiger partial charge on any atom is 0.339 e. The van der Waals surface area contributed by atoms with Crippen LogP contribution in [0.5, 0.6) is 5.75 Å². The highest BCUT2D eigenvalue weighted by atomic mass is 16.5. The summed E-state index contributed by atoms with van der Waals surface area (Å²) in [6.45, 7) is 1.26. The van der Waals surface area contributed by atoms with Gasteiger partial charge in [-0.1, -0.05) is 36.4 Å². The van der Waals surface area contributed by atoms with E-state index in [-0.39, 0.29) is 11.3 Å². The lowest BCUT2D eigenvalue weighted by atomic mass is 10.0. The van der Waals surface area contributed by atoms with E-state index in [2.05, 4.69) is 12.1 Å². The van der Waals surface area contributed by atoms with Gasteiger partial charge in [0.1, 0.15) is 11.3 Å². The molecular weight excluding hydrogens is 280 g/mol. The summed E-state index contributed by atoms with van der Waals surface area (Å²) in [5, 5.41) is 9.30. The molecule has 112 valence electrons. The largest absolute Gasteiger partial charge is 0.478 e. The van der Waals surface area contributed by atoms with Gasteiger partial charge in [-0.2, -0.15) is 0 Å². The van der Waals surface area contributed by atoms with E-state index in [1.54, 1.807) is 12.1 Å². The predicted octanol–water partition coefficient (Wildman–Crippen LogP) is 3.58. The molecule has 4 nitrogen and oxygen atoms in total. The molecule has 0 saturated heterocycles. The number of benzene rings is 2. The van der Waals surface area contributed by atoms with E-state index in [4.69, 9.17) is 4.74 Å². The number of carbonyl (C=O) groups excluding carboxylic acids is 1. The molecule has 2 unspecified atom stereocenters. The van der Waals surface area contributed by atoms with E-state index in [9.17, 15) is 14.7 Å². The van der Waals surface area contributed by atoms with Gasteiger partial charge in [-0.3, -0.25) is 4.79 Å². The summed E-state index contributed by atoms with van der Waals surface area (Å²) < 4.78 is 4.95. The first-order valence-corrected chi connectivity index (χ1v) is 7.17. The normalized spacial score (nSPS) is 19.5. The van der Waals surface area contributed by atoms with Crippen molar-refractivity contribution in [2.45, 2.75) is 25.2 Å². The van der Waals surface area contributed by atoms with Crippen molar-refractivity contribution < 1.29 is 19.4 Å². The summed E-state index contributed by atoms with van der Waals surface area (Å²) in [6, 6.07) is 15.2. The van der Waals surface area contributed by atoms with Gasteiger partial charge in [0, 0.05) is 6.92 Å². The predicted molar refractivity (Wildman–Crippen MR) is 81.3 cm³/mol. The van der Waals surface area contributed by atoms with Crippen LogP contribution in [0.2, 0.25) is 0 Å². The second-order valence-corrected chi connectivity index (χ2v) is 5.51. The Balaban J connectivity index is 1.86. The van der Waals surface area contributed by atoms with E-state index in [0.29, 0.717) is 11.8 Å². The number of hydrogen-bond acceptors (Lipinski definition) is 3. The van der Waals surface area contributed by atoms with Gasteiger partial charge in [0.05, 0.1) is 0 Å². The van der Waals surface area contributed by atoms with Crippen molar-refractivity contribution >= 4 is 11.9 Å². The molecule has 22 heavy (non-hydrogen) atoms. The highest BCUT2D eigenvalue weighted by Crippen LogP contribution is 2.54.